The molecule has 0 bridgehead atoms. The summed E-state index contributed by atoms with van der Waals surface area (Å²) in [5.74, 6) is -0.912. The van der Waals surface area contributed by atoms with Gasteiger partial charge in [-0.25, -0.2) is 0 Å². The quantitative estimate of drug-likeness (QED) is 0.357. The highest BCUT2D eigenvalue weighted by molar-refractivity contribution is 6.46. The molecule has 0 saturated carbocycles. The van der Waals surface area contributed by atoms with E-state index >= 15 is 0 Å². The first-order chi connectivity index (χ1) is 15.5. The molecule has 0 aliphatic carbocycles. The van der Waals surface area contributed by atoms with Crippen LogP contribution in [0.5, 0.6) is 5.75 Å². The van der Waals surface area contributed by atoms with Crippen molar-refractivity contribution in [2.45, 2.75) is 26.4 Å². The van der Waals surface area contributed by atoms with E-state index in [2.05, 4.69) is 4.98 Å². The molecule has 0 spiro atoms. The smallest absolute Gasteiger partial charge is 0.296 e. The van der Waals surface area contributed by atoms with Crippen molar-refractivity contribution in [1.29, 1.82) is 0 Å². The number of hydrogen-bond acceptors (Lipinski definition) is 5. The standard InChI is InChI=1S/C26H24N2O4/c1-3-32-21-12-10-18(11-13-21)24(29)22-23(19-8-6-7-17(2)15-19)28(26(31)25(22)30)16-20-9-4-5-14-27-20/h4-15,23,29H,3,16H2,1-2H3/b24-22-. The Labute approximate surface area is 186 Å². The van der Waals surface area contributed by atoms with Crippen LogP contribution in [0.3, 0.4) is 0 Å². The largest absolute Gasteiger partial charge is 0.507 e. The van der Waals surface area contributed by atoms with Gasteiger partial charge in [-0.05, 0) is 55.8 Å². The van der Waals surface area contributed by atoms with Crippen LogP contribution in [0.25, 0.3) is 5.76 Å². The molecule has 3 aromatic rings. The summed E-state index contributed by atoms with van der Waals surface area (Å²) in [5, 5.41) is 11.1. The van der Waals surface area contributed by atoms with Crippen LogP contribution in [0.15, 0.2) is 78.5 Å². The highest BCUT2D eigenvalue weighted by Gasteiger charge is 2.46. The van der Waals surface area contributed by atoms with Gasteiger partial charge in [-0.1, -0.05) is 35.9 Å². The van der Waals surface area contributed by atoms with Gasteiger partial charge in [-0.15, -0.1) is 0 Å². The van der Waals surface area contributed by atoms with Crippen molar-refractivity contribution >= 4 is 17.4 Å². The summed E-state index contributed by atoms with van der Waals surface area (Å²) < 4.78 is 5.46. The SMILES string of the molecule is CCOc1ccc(/C(O)=C2/C(=O)C(=O)N(Cc3ccccn3)C2c2cccc(C)c2)cc1. The number of amides is 1. The number of carbonyl (C=O) groups excluding carboxylic acids is 2. The van der Waals surface area contributed by atoms with E-state index in [1.54, 1.807) is 42.6 Å². The van der Waals surface area contributed by atoms with Gasteiger partial charge in [0.1, 0.15) is 11.5 Å². The third kappa shape index (κ3) is 4.12. The van der Waals surface area contributed by atoms with Crippen molar-refractivity contribution in [2.75, 3.05) is 6.61 Å². The summed E-state index contributed by atoms with van der Waals surface area (Å²) in [6.45, 7) is 4.51. The zero-order valence-electron chi connectivity index (χ0n) is 18.0. The molecule has 1 N–H and O–H groups in total. The fourth-order valence-corrected chi connectivity index (χ4v) is 3.93. The minimum atomic E-state index is -0.719. The Morgan fingerprint density at radius 3 is 2.50 bits per heavy atom. The van der Waals surface area contributed by atoms with Crippen LogP contribution in [0.1, 0.15) is 35.3 Å². The van der Waals surface area contributed by atoms with Crippen molar-refractivity contribution in [3.8, 4) is 5.75 Å². The number of aromatic nitrogens is 1. The summed E-state index contributed by atoms with van der Waals surface area (Å²) in [6.07, 6.45) is 1.65. The predicted octanol–water partition coefficient (Wildman–Crippen LogP) is 4.41. The zero-order valence-corrected chi connectivity index (χ0v) is 18.0. The fourth-order valence-electron chi connectivity index (χ4n) is 3.93. The van der Waals surface area contributed by atoms with Gasteiger partial charge in [0.15, 0.2) is 0 Å². The second-order valence-electron chi connectivity index (χ2n) is 7.62. The molecule has 1 unspecified atom stereocenters. The average molecular weight is 428 g/mol. The van der Waals surface area contributed by atoms with Crippen LogP contribution in [0.2, 0.25) is 0 Å². The summed E-state index contributed by atoms with van der Waals surface area (Å²) in [6, 6.07) is 19.1. The maximum absolute atomic E-state index is 13.1. The van der Waals surface area contributed by atoms with Gasteiger partial charge in [0.05, 0.1) is 30.5 Å². The summed E-state index contributed by atoms with van der Waals surface area (Å²) in [5.41, 5.74) is 2.93. The Morgan fingerprint density at radius 2 is 1.84 bits per heavy atom. The number of carbonyl (C=O) groups is 2. The molecule has 1 saturated heterocycles. The molecule has 1 aromatic heterocycles. The molecule has 1 atom stereocenters. The molecule has 1 amide bonds. The molecule has 32 heavy (non-hydrogen) atoms. The molecule has 1 fully saturated rings. The Balaban J connectivity index is 1.82. The molecule has 0 radical (unpaired) electrons. The third-order valence-electron chi connectivity index (χ3n) is 5.40. The lowest BCUT2D eigenvalue weighted by Crippen LogP contribution is -2.29. The van der Waals surface area contributed by atoms with E-state index in [1.165, 1.54) is 4.90 Å². The molecule has 2 heterocycles. The van der Waals surface area contributed by atoms with Crippen LogP contribution >= 0.6 is 0 Å². The summed E-state index contributed by atoms with van der Waals surface area (Å²) >= 11 is 0. The Hall–Kier alpha value is -3.93. The molecular weight excluding hydrogens is 404 g/mol. The number of aliphatic hydroxyl groups is 1. The van der Waals surface area contributed by atoms with Crippen molar-refractivity contribution in [1.82, 2.24) is 9.88 Å². The van der Waals surface area contributed by atoms with Crippen LogP contribution in [-0.2, 0) is 16.1 Å². The first kappa shape index (κ1) is 21.3. The number of benzene rings is 2. The van der Waals surface area contributed by atoms with Crippen LogP contribution < -0.4 is 4.74 Å². The van der Waals surface area contributed by atoms with Crippen molar-refractivity contribution in [3.63, 3.8) is 0 Å². The molecule has 6 nitrogen and oxygen atoms in total. The lowest BCUT2D eigenvalue weighted by Gasteiger charge is -2.25. The second-order valence-corrected chi connectivity index (χ2v) is 7.62. The highest BCUT2D eigenvalue weighted by Crippen LogP contribution is 2.40. The van der Waals surface area contributed by atoms with Crippen LogP contribution in [-0.4, -0.2) is 33.3 Å². The number of nitrogens with zero attached hydrogens (tertiary/aromatic N) is 2. The Kier molecular flexibility index (Phi) is 6.03. The Morgan fingerprint density at radius 1 is 1.06 bits per heavy atom. The molecule has 2 aromatic carbocycles. The van der Waals surface area contributed by atoms with E-state index in [0.717, 1.165) is 11.1 Å². The number of ether oxygens (including phenoxy) is 1. The highest BCUT2D eigenvalue weighted by atomic mass is 16.5. The molecule has 6 heteroatoms. The maximum atomic E-state index is 13.1. The van der Waals surface area contributed by atoms with Gasteiger partial charge in [-0.2, -0.15) is 0 Å². The van der Waals surface area contributed by atoms with Gasteiger partial charge < -0.3 is 14.7 Å². The molecule has 1 aliphatic heterocycles. The summed E-state index contributed by atoms with van der Waals surface area (Å²) in [4.78, 5) is 31.9. The van der Waals surface area contributed by atoms with Crippen LogP contribution in [0.4, 0.5) is 0 Å². The van der Waals surface area contributed by atoms with Gasteiger partial charge in [0.2, 0.25) is 0 Å². The lowest BCUT2D eigenvalue weighted by atomic mass is 9.94. The van der Waals surface area contributed by atoms with E-state index in [4.69, 9.17) is 4.74 Å². The van der Waals surface area contributed by atoms with Gasteiger partial charge in [-0.3, -0.25) is 14.6 Å². The number of Topliss-reactive ketones (excluding diaryl/α,β-unsaturated/α-hetero) is 1. The second kappa shape index (κ2) is 9.06. The van der Waals surface area contributed by atoms with Crippen LogP contribution in [0, 0.1) is 6.92 Å². The summed E-state index contributed by atoms with van der Waals surface area (Å²) in [7, 11) is 0. The van der Waals surface area contributed by atoms with E-state index in [0.29, 0.717) is 23.6 Å². The predicted molar refractivity (Wildman–Crippen MR) is 121 cm³/mol. The first-order valence-electron chi connectivity index (χ1n) is 10.5. The Bertz CT molecular complexity index is 1170. The van der Waals surface area contributed by atoms with Gasteiger partial charge in [0, 0.05) is 11.8 Å². The minimum absolute atomic E-state index is 0.0701. The van der Waals surface area contributed by atoms with E-state index in [-0.39, 0.29) is 17.9 Å². The monoisotopic (exact) mass is 428 g/mol. The number of pyridine rings is 1. The molecule has 162 valence electrons. The van der Waals surface area contributed by atoms with Crippen molar-refractivity contribution in [3.05, 3.63) is 101 Å². The first-order valence-corrected chi connectivity index (χ1v) is 10.5. The number of ketones is 1. The topological polar surface area (TPSA) is 79.7 Å². The number of rotatable bonds is 6. The molecular formula is C26H24N2O4. The maximum Gasteiger partial charge on any atom is 0.296 e. The number of hydrogen-bond donors (Lipinski definition) is 1. The number of likely N-dealkylation sites (tertiary alicyclic amines) is 1. The fraction of sp³-hybridized carbons (Fsp3) is 0.192. The van der Waals surface area contributed by atoms with Gasteiger partial charge >= 0.3 is 0 Å². The molecule has 1 aliphatic rings. The number of aliphatic hydroxyl groups excluding tert-OH is 1. The van der Waals surface area contributed by atoms with Crippen molar-refractivity contribution < 1.29 is 19.4 Å². The lowest BCUT2D eigenvalue weighted by molar-refractivity contribution is -0.140. The zero-order chi connectivity index (χ0) is 22.7. The number of aryl methyl sites for hydroxylation is 1. The normalized spacial score (nSPS) is 17.6. The third-order valence-corrected chi connectivity index (χ3v) is 5.40. The molecule has 4 rings (SSSR count). The van der Waals surface area contributed by atoms with Crippen molar-refractivity contribution in [2.24, 2.45) is 0 Å². The van der Waals surface area contributed by atoms with E-state index < -0.39 is 17.7 Å². The van der Waals surface area contributed by atoms with E-state index in [9.17, 15) is 14.7 Å². The minimum Gasteiger partial charge on any atom is -0.507 e. The average Bonchev–Trinajstić information content (AvgIpc) is 3.05. The van der Waals surface area contributed by atoms with Gasteiger partial charge in [0.25, 0.3) is 11.7 Å². The van der Waals surface area contributed by atoms with E-state index in [1.807, 2.05) is 44.2 Å².